The van der Waals surface area contributed by atoms with Gasteiger partial charge in [-0.2, -0.15) is 0 Å². The Balaban J connectivity index is 1.68. The van der Waals surface area contributed by atoms with E-state index in [1.165, 1.54) is 0 Å². The highest BCUT2D eigenvalue weighted by Gasteiger charge is 2.47. The van der Waals surface area contributed by atoms with Gasteiger partial charge in [0.05, 0.1) is 11.7 Å². The molecule has 0 aromatic carbocycles. The van der Waals surface area contributed by atoms with Crippen LogP contribution >= 0.6 is 0 Å². The van der Waals surface area contributed by atoms with Crippen LogP contribution in [0.25, 0.3) is 0 Å². The maximum Gasteiger partial charge on any atom is 0.111 e. The molecule has 0 saturated heterocycles. The monoisotopic (exact) mass is 388 g/mol. The first-order valence-corrected chi connectivity index (χ1v) is 9.59. The third-order valence-electron chi connectivity index (χ3n) is 5.01. The maximum absolute atomic E-state index is 9.97. The zero-order chi connectivity index (χ0) is 19.8. The summed E-state index contributed by atoms with van der Waals surface area (Å²) in [7, 11) is 0. The van der Waals surface area contributed by atoms with Crippen LogP contribution < -0.4 is 5.32 Å². The molecule has 10 nitrogen and oxygen atoms in total. The number of nitrogens with one attached hydrogen (secondary N) is 1. The van der Waals surface area contributed by atoms with Crippen molar-refractivity contribution in [2.45, 2.75) is 81.6 Å². The van der Waals surface area contributed by atoms with Crippen LogP contribution in [0.5, 0.6) is 0 Å². The second kappa shape index (κ2) is 11.0. The predicted octanol–water partition coefficient (Wildman–Crippen LogP) is -2.46. The summed E-state index contributed by atoms with van der Waals surface area (Å²) >= 11 is 0. The fraction of sp³-hybridized carbons (Fsp3) is 0.882. The number of unbranched alkanes of at least 4 members (excludes halogenated alkanes) is 3. The summed E-state index contributed by atoms with van der Waals surface area (Å²) in [5.41, 5.74) is 0.840. The lowest BCUT2D eigenvalue weighted by molar-refractivity contribution is -0.190. The fourth-order valence-electron chi connectivity index (χ4n) is 3.31. The fourth-order valence-corrected chi connectivity index (χ4v) is 3.31. The zero-order valence-electron chi connectivity index (χ0n) is 15.4. The summed E-state index contributed by atoms with van der Waals surface area (Å²) in [6.45, 7) is 1.45. The van der Waals surface area contributed by atoms with Gasteiger partial charge < -0.3 is 36.0 Å². The van der Waals surface area contributed by atoms with Crippen LogP contribution in [-0.4, -0.2) is 95.3 Å². The third-order valence-corrected chi connectivity index (χ3v) is 5.01. The molecule has 2 rings (SSSR count). The molecule has 1 heterocycles. The summed E-state index contributed by atoms with van der Waals surface area (Å²) in [6.07, 6.45) is -0.283. The molecule has 1 fully saturated rings. The second-order valence-electron chi connectivity index (χ2n) is 7.15. The average molecular weight is 388 g/mol. The minimum Gasteiger partial charge on any atom is -0.396 e. The number of aryl methyl sites for hydroxylation is 2. The molecule has 0 bridgehead atoms. The Morgan fingerprint density at radius 3 is 2.15 bits per heavy atom. The van der Waals surface area contributed by atoms with E-state index in [1.807, 2.05) is 6.20 Å². The lowest BCUT2D eigenvalue weighted by atomic mass is 9.83. The van der Waals surface area contributed by atoms with E-state index in [0.717, 1.165) is 37.9 Å². The van der Waals surface area contributed by atoms with Crippen LogP contribution in [0.1, 0.15) is 37.8 Å². The number of nitrogens with zero attached hydrogens (tertiary/aromatic N) is 3. The molecule has 1 saturated carbocycles. The second-order valence-corrected chi connectivity index (χ2v) is 7.15. The molecule has 27 heavy (non-hydrogen) atoms. The van der Waals surface area contributed by atoms with Crippen molar-refractivity contribution in [1.82, 2.24) is 20.3 Å². The van der Waals surface area contributed by atoms with Crippen molar-refractivity contribution >= 4 is 0 Å². The smallest absolute Gasteiger partial charge is 0.111 e. The van der Waals surface area contributed by atoms with Crippen molar-refractivity contribution in [1.29, 1.82) is 0 Å². The topological polar surface area (TPSA) is 164 Å². The van der Waals surface area contributed by atoms with E-state index >= 15 is 0 Å². The van der Waals surface area contributed by atoms with Gasteiger partial charge in [0.25, 0.3) is 0 Å². The maximum atomic E-state index is 9.97. The number of aliphatic hydroxyl groups is 6. The predicted molar refractivity (Wildman–Crippen MR) is 95.7 cm³/mol. The first-order chi connectivity index (χ1) is 13.0. The van der Waals surface area contributed by atoms with Crippen molar-refractivity contribution in [2.75, 3.05) is 13.2 Å². The molecule has 0 amide bonds. The highest BCUT2D eigenvalue weighted by molar-refractivity contribution is 5.02. The molecule has 7 N–H and O–H groups in total. The molecule has 1 aromatic rings. The van der Waals surface area contributed by atoms with Crippen LogP contribution in [0.3, 0.4) is 0 Å². The number of rotatable bonds is 11. The van der Waals surface area contributed by atoms with E-state index in [0.29, 0.717) is 19.4 Å². The Kier molecular flexibility index (Phi) is 9.03. The van der Waals surface area contributed by atoms with Crippen molar-refractivity contribution in [3.8, 4) is 0 Å². The number of aromatic nitrogens is 3. The lowest BCUT2D eigenvalue weighted by Gasteiger charge is -2.42. The number of hydrogen-bond donors (Lipinski definition) is 7. The summed E-state index contributed by atoms with van der Waals surface area (Å²) in [4.78, 5) is 0. The summed E-state index contributed by atoms with van der Waals surface area (Å²) < 4.78 is 1.80. The van der Waals surface area contributed by atoms with E-state index in [2.05, 4.69) is 15.6 Å². The van der Waals surface area contributed by atoms with Crippen LogP contribution in [0, 0.1) is 0 Å². The third kappa shape index (κ3) is 6.18. The van der Waals surface area contributed by atoms with Gasteiger partial charge in [0.15, 0.2) is 0 Å². The molecule has 0 aliphatic heterocycles. The number of hydrogen-bond acceptors (Lipinski definition) is 9. The minimum absolute atomic E-state index is 0.231. The Morgan fingerprint density at radius 1 is 0.852 bits per heavy atom. The molecule has 4 unspecified atom stereocenters. The summed E-state index contributed by atoms with van der Waals surface area (Å²) in [6, 6.07) is -0.923. The normalized spacial score (nSPS) is 31.3. The largest absolute Gasteiger partial charge is 0.396 e. The van der Waals surface area contributed by atoms with Crippen LogP contribution in [0.4, 0.5) is 0 Å². The van der Waals surface area contributed by atoms with Gasteiger partial charge in [-0.3, -0.25) is 4.68 Å². The molecular formula is C17H32N4O6. The summed E-state index contributed by atoms with van der Waals surface area (Å²) in [5.74, 6) is 0. The van der Waals surface area contributed by atoms with Gasteiger partial charge in [-0.05, 0) is 32.2 Å². The minimum atomic E-state index is -1.58. The Labute approximate surface area is 158 Å². The Morgan fingerprint density at radius 2 is 1.48 bits per heavy atom. The van der Waals surface area contributed by atoms with Gasteiger partial charge >= 0.3 is 0 Å². The van der Waals surface area contributed by atoms with E-state index in [9.17, 15) is 25.5 Å². The molecule has 1 aliphatic rings. The highest BCUT2D eigenvalue weighted by Crippen LogP contribution is 2.21. The van der Waals surface area contributed by atoms with Gasteiger partial charge in [-0.15, -0.1) is 5.10 Å². The van der Waals surface area contributed by atoms with Crippen LogP contribution in [0.15, 0.2) is 6.20 Å². The first kappa shape index (κ1) is 22.2. The van der Waals surface area contributed by atoms with Gasteiger partial charge in [0.1, 0.15) is 30.5 Å². The van der Waals surface area contributed by atoms with Gasteiger partial charge in [-0.1, -0.05) is 18.1 Å². The van der Waals surface area contributed by atoms with E-state index in [1.54, 1.807) is 4.68 Å². The summed E-state index contributed by atoms with van der Waals surface area (Å²) in [5, 5.41) is 68.8. The molecule has 1 aromatic heterocycles. The molecule has 0 radical (unpaired) electrons. The average Bonchev–Trinajstić information content (AvgIpc) is 3.11. The Hall–Kier alpha value is -1.14. The molecule has 1 aliphatic carbocycles. The van der Waals surface area contributed by atoms with Crippen molar-refractivity contribution in [3.63, 3.8) is 0 Å². The SMILES string of the molecule is OCCCCCCn1cc(CCCNC2C(O)C(O)C(O)C(O)C2O)nn1. The standard InChI is InChI=1S/C17H32N4O6/c22-9-4-2-1-3-8-21-10-11(19-20-21)6-5-7-18-12-13(23)15(25)17(27)16(26)14(12)24/h10,12-18,22-27H,1-9H2. The van der Waals surface area contributed by atoms with E-state index in [4.69, 9.17) is 5.11 Å². The van der Waals surface area contributed by atoms with Gasteiger partial charge in [-0.25, -0.2) is 0 Å². The van der Waals surface area contributed by atoms with E-state index < -0.39 is 36.6 Å². The quantitative estimate of drug-likeness (QED) is 0.204. The van der Waals surface area contributed by atoms with Gasteiger partial charge in [0, 0.05) is 19.3 Å². The van der Waals surface area contributed by atoms with Crippen LogP contribution in [-0.2, 0) is 13.0 Å². The molecular weight excluding hydrogens is 356 g/mol. The van der Waals surface area contributed by atoms with E-state index in [-0.39, 0.29) is 6.61 Å². The first-order valence-electron chi connectivity index (χ1n) is 9.59. The number of aliphatic hydroxyl groups excluding tert-OH is 6. The van der Waals surface area contributed by atoms with Gasteiger partial charge in [0.2, 0.25) is 0 Å². The van der Waals surface area contributed by atoms with Crippen molar-refractivity contribution in [3.05, 3.63) is 11.9 Å². The lowest BCUT2D eigenvalue weighted by Crippen LogP contribution is -2.67. The van der Waals surface area contributed by atoms with Crippen molar-refractivity contribution in [2.24, 2.45) is 0 Å². The van der Waals surface area contributed by atoms with Crippen molar-refractivity contribution < 1.29 is 30.6 Å². The van der Waals surface area contributed by atoms with Crippen LogP contribution in [0.2, 0.25) is 0 Å². The zero-order valence-corrected chi connectivity index (χ0v) is 15.4. The molecule has 0 spiro atoms. The highest BCUT2D eigenvalue weighted by atomic mass is 16.4. The Bertz CT molecular complexity index is 529. The molecule has 4 atom stereocenters. The molecule has 156 valence electrons. The molecule has 10 heteroatoms.